The van der Waals surface area contributed by atoms with Gasteiger partial charge in [0.2, 0.25) is 5.91 Å². The third-order valence-corrected chi connectivity index (χ3v) is 5.77. The molecule has 1 fully saturated rings. The highest BCUT2D eigenvalue weighted by molar-refractivity contribution is 5.84. The molecule has 2 aliphatic rings. The minimum atomic E-state index is -0.342. The van der Waals surface area contributed by atoms with Crippen molar-refractivity contribution in [1.82, 2.24) is 10.1 Å². The smallest absolute Gasteiger partial charge is 0.229 e. The molecule has 0 radical (unpaired) electrons. The van der Waals surface area contributed by atoms with Gasteiger partial charge in [-0.25, -0.2) is 0 Å². The maximum Gasteiger partial charge on any atom is 0.229 e. The number of hydrogen-bond acceptors (Lipinski definition) is 3. The van der Waals surface area contributed by atoms with E-state index < -0.39 is 0 Å². The molecule has 0 bridgehead atoms. The molecule has 4 heteroatoms. The fraction of sp³-hybridized carbons (Fsp3) is 0.474. The fourth-order valence-corrected chi connectivity index (χ4v) is 4.55. The van der Waals surface area contributed by atoms with Crippen molar-refractivity contribution in [3.05, 3.63) is 53.4 Å². The van der Waals surface area contributed by atoms with Gasteiger partial charge < -0.3 is 9.42 Å². The Bertz CT molecular complexity index is 724. The lowest BCUT2D eigenvalue weighted by atomic mass is 9.59. The summed E-state index contributed by atoms with van der Waals surface area (Å²) in [7, 11) is 0. The Labute approximate surface area is 136 Å². The standard InChI is InChI=1S/C19H22N2O2/c1-13-16-8-9-21(12-14-6-4-3-5-7-14)18(22)19(16,2)10-15-11-20-23-17(13)15/h3-7,11,13,16H,8-10,12H2,1-2H3. The van der Waals surface area contributed by atoms with Gasteiger partial charge in [0, 0.05) is 24.6 Å². The number of nitrogens with zero attached hydrogens (tertiary/aromatic N) is 2. The molecule has 1 amide bonds. The third-order valence-electron chi connectivity index (χ3n) is 5.77. The van der Waals surface area contributed by atoms with Gasteiger partial charge in [-0.1, -0.05) is 49.3 Å². The molecule has 0 spiro atoms. The molecule has 3 unspecified atom stereocenters. The Morgan fingerprint density at radius 1 is 1.35 bits per heavy atom. The molecule has 4 nitrogen and oxygen atoms in total. The predicted octanol–water partition coefficient (Wildman–Crippen LogP) is 3.39. The van der Waals surface area contributed by atoms with Gasteiger partial charge in [-0.05, 0) is 24.3 Å². The second-order valence-corrected chi connectivity index (χ2v) is 7.21. The molecule has 120 valence electrons. The Morgan fingerprint density at radius 2 is 2.13 bits per heavy atom. The molecule has 0 N–H and O–H groups in total. The lowest BCUT2D eigenvalue weighted by Crippen LogP contribution is -2.55. The average molecular weight is 310 g/mol. The number of amides is 1. The van der Waals surface area contributed by atoms with Crippen LogP contribution < -0.4 is 0 Å². The third kappa shape index (κ3) is 2.19. The zero-order valence-electron chi connectivity index (χ0n) is 13.7. The molecule has 1 aromatic heterocycles. The second-order valence-electron chi connectivity index (χ2n) is 7.21. The molecule has 1 saturated heterocycles. The van der Waals surface area contributed by atoms with Crippen LogP contribution in [0.3, 0.4) is 0 Å². The van der Waals surface area contributed by atoms with Crippen LogP contribution in [0, 0.1) is 11.3 Å². The van der Waals surface area contributed by atoms with Crippen LogP contribution in [0.4, 0.5) is 0 Å². The number of benzene rings is 1. The van der Waals surface area contributed by atoms with E-state index in [2.05, 4.69) is 31.1 Å². The van der Waals surface area contributed by atoms with Crippen LogP contribution in [0.15, 0.2) is 41.1 Å². The van der Waals surface area contributed by atoms with E-state index in [-0.39, 0.29) is 17.2 Å². The fourth-order valence-electron chi connectivity index (χ4n) is 4.55. The van der Waals surface area contributed by atoms with Crippen molar-refractivity contribution in [3.8, 4) is 0 Å². The maximum absolute atomic E-state index is 13.2. The van der Waals surface area contributed by atoms with Gasteiger partial charge in [0.15, 0.2) is 0 Å². The highest BCUT2D eigenvalue weighted by atomic mass is 16.5. The summed E-state index contributed by atoms with van der Waals surface area (Å²) in [6.45, 7) is 5.82. The molecule has 1 aliphatic heterocycles. The predicted molar refractivity (Wildman–Crippen MR) is 86.7 cm³/mol. The monoisotopic (exact) mass is 310 g/mol. The summed E-state index contributed by atoms with van der Waals surface area (Å²) in [5.41, 5.74) is 1.95. The molecule has 2 aromatic rings. The number of fused-ring (bicyclic) bond motifs is 2. The van der Waals surface area contributed by atoms with E-state index in [4.69, 9.17) is 4.52 Å². The van der Waals surface area contributed by atoms with Crippen LogP contribution in [0.2, 0.25) is 0 Å². The van der Waals surface area contributed by atoms with E-state index in [1.54, 1.807) is 6.20 Å². The number of likely N-dealkylation sites (tertiary alicyclic amines) is 1. The Balaban J connectivity index is 1.63. The zero-order chi connectivity index (χ0) is 16.0. The maximum atomic E-state index is 13.2. The number of rotatable bonds is 2. The van der Waals surface area contributed by atoms with Gasteiger partial charge >= 0.3 is 0 Å². The molecular formula is C19H22N2O2. The first-order chi connectivity index (χ1) is 11.1. The molecule has 1 aromatic carbocycles. The van der Waals surface area contributed by atoms with Crippen molar-refractivity contribution in [2.75, 3.05) is 6.54 Å². The van der Waals surface area contributed by atoms with Crippen molar-refractivity contribution in [2.45, 2.75) is 39.2 Å². The number of piperidine rings is 1. The van der Waals surface area contributed by atoms with Crippen LogP contribution in [0.5, 0.6) is 0 Å². The lowest BCUT2D eigenvalue weighted by Gasteiger charge is -2.49. The van der Waals surface area contributed by atoms with Crippen LogP contribution in [-0.2, 0) is 17.8 Å². The van der Waals surface area contributed by atoms with E-state index in [9.17, 15) is 4.79 Å². The first-order valence-electron chi connectivity index (χ1n) is 8.36. The summed E-state index contributed by atoms with van der Waals surface area (Å²) in [5.74, 6) is 1.85. The summed E-state index contributed by atoms with van der Waals surface area (Å²) < 4.78 is 5.45. The molecule has 2 heterocycles. The van der Waals surface area contributed by atoms with Gasteiger partial charge in [-0.3, -0.25) is 4.79 Å². The molecule has 23 heavy (non-hydrogen) atoms. The minimum Gasteiger partial charge on any atom is -0.361 e. The summed E-state index contributed by atoms with van der Waals surface area (Å²) in [6.07, 6.45) is 3.55. The Morgan fingerprint density at radius 3 is 2.91 bits per heavy atom. The Hall–Kier alpha value is -2.10. The van der Waals surface area contributed by atoms with Gasteiger partial charge in [-0.15, -0.1) is 0 Å². The largest absolute Gasteiger partial charge is 0.361 e. The second kappa shape index (κ2) is 5.22. The van der Waals surface area contributed by atoms with E-state index in [1.165, 1.54) is 5.56 Å². The molecule has 3 atom stereocenters. The summed E-state index contributed by atoms with van der Waals surface area (Å²) in [4.78, 5) is 15.3. The summed E-state index contributed by atoms with van der Waals surface area (Å²) >= 11 is 0. The van der Waals surface area contributed by atoms with Crippen LogP contribution in [0.25, 0.3) is 0 Å². The molecule has 0 saturated carbocycles. The van der Waals surface area contributed by atoms with Gasteiger partial charge in [0.1, 0.15) is 5.76 Å². The number of hydrogen-bond donors (Lipinski definition) is 0. The number of carbonyl (C=O) groups is 1. The van der Waals surface area contributed by atoms with Gasteiger partial charge in [-0.2, -0.15) is 0 Å². The van der Waals surface area contributed by atoms with E-state index >= 15 is 0 Å². The van der Waals surface area contributed by atoms with E-state index in [0.29, 0.717) is 12.5 Å². The van der Waals surface area contributed by atoms with Crippen molar-refractivity contribution >= 4 is 5.91 Å². The highest BCUT2D eigenvalue weighted by Crippen LogP contribution is 2.51. The molecule has 1 aliphatic carbocycles. The topological polar surface area (TPSA) is 46.3 Å². The van der Waals surface area contributed by atoms with Crippen molar-refractivity contribution in [1.29, 1.82) is 0 Å². The van der Waals surface area contributed by atoms with Gasteiger partial charge in [0.05, 0.1) is 11.6 Å². The Kier molecular flexibility index (Phi) is 3.29. The normalized spacial score (nSPS) is 30.0. The summed E-state index contributed by atoms with van der Waals surface area (Å²) in [5, 5.41) is 3.96. The van der Waals surface area contributed by atoms with Crippen LogP contribution in [0.1, 0.15) is 43.1 Å². The minimum absolute atomic E-state index is 0.258. The molecule has 4 rings (SSSR count). The van der Waals surface area contributed by atoms with E-state index in [0.717, 1.165) is 30.7 Å². The van der Waals surface area contributed by atoms with Crippen LogP contribution >= 0.6 is 0 Å². The van der Waals surface area contributed by atoms with Gasteiger partial charge in [0.25, 0.3) is 0 Å². The first kappa shape index (κ1) is 14.5. The van der Waals surface area contributed by atoms with E-state index in [1.807, 2.05) is 23.1 Å². The SMILES string of the molecule is CC1c2oncc2CC2(C)C(=O)N(Cc3ccccc3)CCC12. The van der Waals surface area contributed by atoms with Crippen LogP contribution in [-0.4, -0.2) is 22.5 Å². The van der Waals surface area contributed by atoms with Crippen molar-refractivity contribution in [3.63, 3.8) is 0 Å². The zero-order valence-corrected chi connectivity index (χ0v) is 13.7. The number of aromatic nitrogens is 1. The van der Waals surface area contributed by atoms with Crippen molar-refractivity contribution in [2.24, 2.45) is 11.3 Å². The summed E-state index contributed by atoms with van der Waals surface area (Å²) in [6, 6.07) is 10.2. The number of carbonyl (C=O) groups excluding carboxylic acids is 1. The first-order valence-corrected chi connectivity index (χ1v) is 8.36. The molecular weight excluding hydrogens is 288 g/mol. The average Bonchev–Trinajstić information content (AvgIpc) is 3.01. The van der Waals surface area contributed by atoms with Crippen molar-refractivity contribution < 1.29 is 9.32 Å². The quantitative estimate of drug-likeness (QED) is 0.854. The lowest BCUT2D eigenvalue weighted by molar-refractivity contribution is -0.152. The highest BCUT2D eigenvalue weighted by Gasteiger charge is 2.53.